The standard InChI is InChI=1S/C14H13N7S/c1-22-12-10(7-15)11(17-8-9-5-3-2-4-6-9)21-14(18-12)19-13(16)20-21/h2-6,17H,8H2,1H3,(H2,16,20). The molecule has 0 aliphatic rings. The van der Waals surface area contributed by atoms with Crippen molar-refractivity contribution in [3.63, 3.8) is 0 Å². The van der Waals surface area contributed by atoms with Gasteiger partial charge in [0, 0.05) is 6.54 Å². The molecule has 3 aromatic rings. The van der Waals surface area contributed by atoms with E-state index in [-0.39, 0.29) is 5.95 Å². The third-order valence-electron chi connectivity index (χ3n) is 3.08. The number of thioether (sulfide) groups is 1. The average molecular weight is 311 g/mol. The summed E-state index contributed by atoms with van der Waals surface area (Å²) in [6.45, 7) is 0.558. The Bertz CT molecular complexity index is 851. The monoisotopic (exact) mass is 311 g/mol. The van der Waals surface area contributed by atoms with Crippen molar-refractivity contribution in [3.8, 4) is 6.07 Å². The zero-order valence-electron chi connectivity index (χ0n) is 11.8. The van der Waals surface area contributed by atoms with Gasteiger partial charge in [-0.05, 0) is 11.8 Å². The number of nitriles is 1. The van der Waals surface area contributed by atoms with Gasteiger partial charge >= 0.3 is 0 Å². The topological polar surface area (TPSA) is 105 Å². The molecule has 0 aliphatic carbocycles. The Hall–Kier alpha value is -2.79. The molecule has 0 saturated heterocycles. The van der Waals surface area contributed by atoms with Crippen LogP contribution in [-0.4, -0.2) is 25.8 Å². The van der Waals surface area contributed by atoms with Gasteiger partial charge in [-0.2, -0.15) is 14.8 Å². The summed E-state index contributed by atoms with van der Waals surface area (Å²) in [6.07, 6.45) is 1.86. The molecule has 0 radical (unpaired) electrons. The van der Waals surface area contributed by atoms with Crippen LogP contribution >= 0.6 is 11.8 Å². The second-order valence-corrected chi connectivity index (χ2v) is 5.27. The maximum atomic E-state index is 9.46. The fourth-order valence-electron chi connectivity index (χ4n) is 2.09. The molecule has 0 bridgehead atoms. The largest absolute Gasteiger partial charge is 0.366 e. The average Bonchev–Trinajstić information content (AvgIpc) is 2.92. The lowest BCUT2D eigenvalue weighted by Crippen LogP contribution is -2.10. The van der Waals surface area contributed by atoms with Gasteiger partial charge in [0.15, 0.2) is 5.82 Å². The summed E-state index contributed by atoms with van der Waals surface area (Å²) in [5.74, 6) is 1.04. The number of nitrogens with zero attached hydrogens (tertiary/aromatic N) is 5. The third-order valence-corrected chi connectivity index (χ3v) is 3.76. The van der Waals surface area contributed by atoms with E-state index in [4.69, 9.17) is 5.73 Å². The van der Waals surface area contributed by atoms with Crippen LogP contribution in [-0.2, 0) is 6.54 Å². The number of hydrogen-bond donors (Lipinski definition) is 2. The maximum absolute atomic E-state index is 9.46. The van der Waals surface area contributed by atoms with Crippen molar-refractivity contribution in [1.29, 1.82) is 5.26 Å². The number of aromatic nitrogens is 4. The molecule has 0 atom stereocenters. The van der Waals surface area contributed by atoms with Gasteiger partial charge in [-0.1, -0.05) is 30.3 Å². The Morgan fingerprint density at radius 3 is 2.77 bits per heavy atom. The molecule has 3 rings (SSSR count). The Balaban J connectivity index is 2.07. The highest BCUT2D eigenvalue weighted by molar-refractivity contribution is 7.98. The lowest BCUT2D eigenvalue weighted by atomic mass is 10.2. The van der Waals surface area contributed by atoms with Crippen LogP contribution in [0.5, 0.6) is 0 Å². The fraction of sp³-hybridized carbons (Fsp3) is 0.143. The summed E-state index contributed by atoms with van der Waals surface area (Å²) in [6, 6.07) is 12.1. The van der Waals surface area contributed by atoms with E-state index < -0.39 is 0 Å². The van der Waals surface area contributed by atoms with Crippen LogP contribution in [0.15, 0.2) is 35.4 Å². The minimum atomic E-state index is 0.123. The Morgan fingerprint density at radius 2 is 2.09 bits per heavy atom. The van der Waals surface area contributed by atoms with E-state index in [9.17, 15) is 5.26 Å². The highest BCUT2D eigenvalue weighted by Crippen LogP contribution is 2.26. The van der Waals surface area contributed by atoms with Crippen molar-refractivity contribution < 1.29 is 0 Å². The first kappa shape index (κ1) is 14.2. The molecule has 22 heavy (non-hydrogen) atoms. The predicted molar refractivity (Wildman–Crippen MR) is 85.5 cm³/mol. The van der Waals surface area contributed by atoms with E-state index in [1.165, 1.54) is 16.3 Å². The first-order valence-corrected chi connectivity index (χ1v) is 7.73. The second kappa shape index (κ2) is 5.91. The minimum absolute atomic E-state index is 0.123. The Kier molecular flexibility index (Phi) is 3.80. The van der Waals surface area contributed by atoms with E-state index in [1.54, 1.807) is 0 Å². The summed E-state index contributed by atoms with van der Waals surface area (Å²) < 4.78 is 1.47. The lowest BCUT2D eigenvalue weighted by Gasteiger charge is -2.11. The molecule has 110 valence electrons. The van der Waals surface area contributed by atoms with E-state index in [0.717, 1.165) is 5.56 Å². The van der Waals surface area contributed by atoms with E-state index in [0.29, 0.717) is 28.7 Å². The highest BCUT2D eigenvalue weighted by atomic mass is 32.2. The smallest absolute Gasteiger partial charge is 0.257 e. The number of anilines is 2. The normalized spacial score (nSPS) is 10.5. The molecule has 2 heterocycles. The van der Waals surface area contributed by atoms with Crippen LogP contribution in [0, 0.1) is 11.3 Å². The number of hydrogen-bond acceptors (Lipinski definition) is 7. The quantitative estimate of drug-likeness (QED) is 0.560. The SMILES string of the molecule is CSc1nc2nc(N)nn2c(NCc2ccccc2)c1C#N. The highest BCUT2D eigenvalue weighted by Gasteiger charge is 2.17. The molecule has 0 fully saturated rings. The van der Waals surface area contributed by atoms with Crippen molar-refractivity contribution in [2.75, 3.05) is 17.3 Å². The molecular weight excluding hydrogens is 298 g/mol. The predicted octanol–water partition coefficient (Wildman–Crippen LogP) is 1.91. The maximum Gasteiger partial charge on any atom is 0.257 e. The molecule has 0 amide bonds. The van der Waals surface area contributed by atoms with Crippen molar-refractivity contribution in [3.05, 3.63) is 41.5 Å². The van der Waals surface area contributed by atoms with E-state index in [1.807, 2.05) is 36.6 Å². The molecule has 0 unspecified atom stereocenters. The van der Waals surface area contributed by atoms with Gasteiger partial charge < -0.3 is 11.1 Å². The molecule has 3 N–H and O–H groups in total. The zero-order valence-corrected chi connectivity index (χ0v) is 12.6. The third kappa shape index (κ3) is 2.54. The zero-order chi connectivity index (χ0) is 15.5. The molecule has 8 heteroatoms. The molecule has 0 aliphatic heterocycles. The molecule has 0 saturated carbocycles. The van der Waals surface area contributed by atoms with Crippen molar-refractivity contribution in [2.45, 2.75) is 11.6 Å². The van der Waals surface area contributed by atoms with Gasteiger partial charge in [0.25, 0.3) is 5.78 Å². The van der Waals surface area contributed by atoms with Crippen molar-refractivity contribution in [1.82, 2.24) is 19.6 Å². The minimum Gasteiger partial charge on any atom is -0.366 e. The van der Waals surface area contributed by atoms with Gasteiger partial charge in [-0.3, -0.25) is 0 Å². The Labute approximate surface area is 131 Å². The van der Waals surface area contributed by atoms with Crippen molar-refractivity contribution >= 4 is 29.3 Å². The fourth-order valence-corrected chi connectivity index (χ4v) is 2.61. The summed E-state index contributed by atoms with van der Waals surface area (Å²) in [4.78, 5) is 8.38. The molecule has 2 aromatic heterocycles. The first-order chi connectivity index (χ1) is 10.7. The van der Waals surface area contributed by atoms with Gasteiger partial charge in [0.05, 0.1) is 0 Å². The number of fused-ring (bicyclic) bond motifs is 1. The van der Waals surface area contributed by atoms with Gasteiger partial charge in [-0.15, -0.1) is 16.9 Å². The second-order valence-electron chi connectivity index (χ2n) is 4.48. The summed E-state index contributed by atoms with van der Waals surface area (Å²) in [5, 5.41) is 17.4. The van der Waals surface area contributed by atoms with Gasteiger partial charge in [-0.25, -0.2) is 4.98 Å². The number of nitrogens with two attached hydrogens (primary N) is 1. The van der Waals surface area contributed by atoms with Crippen LogP contribution in [0.25, 0.3) is 5.78 Å². The van der Waals surface area contributed by atoms with Gasteiger partial charge in [0.2, 0.25) is 5.95 Å². The number of benzene rings is 1. The van der Waals surface area contributed by atoms with Crippen molar-refractivity contribution in [2.24, 2.45) is 0 Å². The van der Waals surface area contributed by atoms with Crippen LogP contribution < -0.4 is 11.1 Å². The Morgan fingerprint density at radius 1 is 1.32 bits per heavy atom. The summed E-state index contributed by atoms with van der Waals surface area (Å²) in [5.41, 5.74) is 7.17. The summed E-state index contributed by atoms with van der Waals surface area (Å²) in [7, 11) is 0. The molecular formula is C14H13N7S. The van der Waals surface area contributed by atoms with Crippen LogP contribution in [0.3, 0.4) is 0 Å². The van der Waals surface area contributed by atoms with E-state index >= 15 is 0 Å². The first-order valence-electron chi connectivity index (χ1n) is 6.51. The van der Waals surface area contributed by atoms with Gasteiger partial charge in [0.1, 0.15) is 16.7 Å². The van der Waals surface area contributed by atoms with Crippen LogP contribution in [0.4, 0.5) is 11.8 Å². The van der Waals surface area contributed by atoms with Crippen LogP contribution in [0.2, 0.25) is 0 Å². The summed E-state index contributed by atoms with van der Waals surface area (Å²) >= 11 is 1.38. The number of nitrogen functional groups attached to an aromatic ring is 1. The number of nitrogens with one attached hydrogen (secondary N) is 1. The van der Waals surface area contributed by atoms with E-state index in [2.05, 4.69) is 26.5 Å². The molecule has 7 nitrogen and oxygen atoms in total. The van der Waals surface area contributed by atoms with Crippen LogP contribution in [0.1, 0.15) is 11.1 Å². The molecule has 0 spiro atoms. The lowest BCUT2D eigenvalue weighted by molar-refractivity contribution is 0.899. The molecule has 1 aromatic carbocycles. The number of rotatable bonds is 4.